The largest absolute Gasteiger partial charge is 0.390 e. The normalized spacial score (nSPS) is 26.5. The van der Waals surface area contributed by atoms with Crippen molar-refractivity contribution in [2.45, 2.75) is 61.7 Å². The molecule has 1 aromatic carbocycles. The molecule has 170 valence electrons. The lowest BCUT2D eigenvalue weighted by Crippen LogP contribution is -2.65. The lowest BCUT2D eigenvalue weighted by molar-refractivity contribution is -0.200. The van der Waals surface area contributed by atoms with Gasteiger partial charge in [-0.2, -0.15) is 0 Å². The van der Waals surface area contributed by atoms with E-state index in [0.29, 0.717) is 42.7 Å². The molecule has 0 radical (unpaired) electrons. The van der Waals surface area contributed by atoms with Crippen molar-refractivity contribution in [2.75, 3.05) is 12.3 Å². The summed E-state index contributed by atoms with van der Waals surface area (Å²) in [5.74, 6) is 0.638. The molecule has 1 saturated carbocycles. The number of nitrogens with two attached hydrogens (primary N) is 1. The molecule has 1 atom stereocenters. The molecule has 4 N–H and O–H groups in total. The van der Waals surface area contributed by atoms with Crippen LogP contribution in [0.3, 0.4) is 0 Å². The second-order valence-electron chi connectivity index (χ2n) is 8.92. The molecule has 10 nitrogen and oxygen atoms in total. The van der Waals surface area contributed by atoms with Gasteiger partial charge >= 0.3 is 0 Å². The topological polar surface area (TPSA) is 145 Å². The number of imidazole rings is 1. The Hall–Kier alpha value is -2.60. The quantitative estimate of drug-likeness (QED) is 0.521. The van der Waals surface area contributed by atoms with Gasteiger partial charge in [0.15, 0.2) is 0 Å². The first-order chi connectivity index (χ1) is 15.1. The van der Waals surface area contributed by atoms with E-state index in [9.17, 15) is 13.5 Å². The summed E-state index contributed by atoms with van der Waals surface area (Å²) in [5.41, 5.74) is 6.78. The number of benzene rings is 1. The molecule has 11 heteroatoms. The van der Waals surface area contributed by atoms with Crippen molar-refractivity contribution in [1.82, 2.24) is 24.1 Å². The van der Waals surface area contributed by atoms with Crippen LogP contribution in [0.25, 0.3) is 17.0 Å². The van der Waals surface area contributed by atoms with Gasteiger partial charge in [-0.05, 0) is 57.2 Å². The monoisotopic (exact) mass is 458 g/mol. The van der Waals surface area contributed by atoms with Gasteiger partial charge in [0.1, 0.15) is 6.33 Å². The molecule has 0 amide bonds. The first kappa shape index (κ1) is 21.3. The van der Waals surface area contributed by atoms with E-state index in [0.717, 1.165) is 5.56 Å². The summed E-state index contributed by atoms with van der Waals surface area (Å²) >= 11 is 0. The number of hydrogen-bond acceptors (Lipinski definition) is 8. The molecule has 4 heterocycles. The molecule has 0 spiro atoms. The van der Waals surface area contributed by atoms with E-state index in [1.165, 1.54) is 6.33 Å². The minimum absolute atomic E-state index is 0.154. The zero-order valence-electron chi connectivity index (χ0n) is 17.9. The van der Waals surface area contributed by atoms with E-state index in [4.69, 9.17) is 10.5 Å². The van der Waals surface area contributed by atoms with E-state index in [2.05, 4.69) is 19.7 Å². The predicted octanol–water partition coefficient (Wildman–Crippen LogP) is 1.42. The maximum atomic E-state index is 13.3. The molecule has 3 fully saturated rings. The zero-order valence-corrected chi connectivity index (χ0v) is 18.8. The number of aliphatic hydroxyl groups excluding tert-OH is 1. The van der Waals surface area contributed by atoms with Gasteiger partial charge in [0.2, 0.25) is 21.7 Å². The lowest BCUT2D eigenvalue weighted by atomic mass is 9.70. The SMILES string of the molecule is Cc1ccc(S(=O)(=O)NC23CCC(C(C)O)(CC2)OC3)cc1-c1cn2c(N)ncnc2n1. The van der Waals surface area contributed by atoms with Crippen LogP contribution in [0.5, 0.6) is 0 Å². The van der Waals surface area contributed by atoms with Crippen molar-refractivity contribution in [2.24, 2.45) is 0 Å². The fourth-order valence-electron chi connectivity index (χ4n) is 4.74. The number of nitrogens with one attached hydrogen (secondary N) is 1. The number of rotatable bonds is 5. The Balaban J connectivity index is 1.46. The molecule has 2 saturated heterocycles. The lowest BCUT2D eigenvalue weighted by Gasteiger charge is -2.54. The summed E-state index contributed by atoms with van der Waals surface area (Å²) in [6.45, 7) is 3.87. The number of aryl methyl sites for hydroxylation is 1. The van der Waals surface area contributed by atoms with E-state index in [1.54, 1.807) is 35.7 Å². The van der Waals surface area contributed by atoms with E-state index >= 15 is 0 Å². The zero-order chi connectivity index (χ0) is 22.7. The van der Waals surface area contributed by atoms with Crippen LogP contribution in [0.1, 0.15) is 38.2 Å². The second-order valence-corrected chi connectivity index (χ2v) is 10.6. The maximum Gasteiger partial charge on any atom is 0.241 e. The maximum absolute atomic E-state index is 13.3. The van der Waals surface area contributed by atoms with Crippen LogP contribution >= 0.6 is 0 Å². The average Bonchev–Trinajstić information content (AvgIpc) is 3.20. The molecule has 6 rings (SSSR count). The van der Waals surface area contributed by atoms with Crippen LogP contribution in [0.2, 0.25) is 0 Å². The van der Waals surface area contributed by atoms with Crippen LogP contribution in [-0.2, 0) is 14.8 Å². The minimum Gasteiger partial charge on any atom is -0.390 e. The Bertz CT molecular complexity index is 1280. The number of ether oxygens (including phenoxy) is 1. The fraction of sp³-hybridized carbons (Fsp3) is 0.476. The molecule has 3 aliphatic rings. The number of anilines is 1. The van der Waals surface area contributed by atoms with Crippen LogP contribution in [0.15, 0.2) is 35.6 Å². The van der Waals surface area contributed by atoms with Crippen LogP contribution in [0.4, 0.5) is 5.95 Å². The standard InChI is InChI=1S/C21H26N6O4S/c1-13-3-4-15(9-16(13)17-10-27-18(22)23-12-24-19(27)25-17)32(29,30)26-20-5-7-21(8-6-20,14(2)28)31-11-20/h3-4,9-10,12,14,26,28H,5-8,11H2,1-2H3,(H2,22,23,24,25). The predicted molar refractivity (Wildman–Crippen MR) is 117 cm³/mol. The molecular formula is C21H26N6O4S. The van der Waals surface area contributed by atoms with Gasteiger partial charge < -0.3 is 15.6 Å². The highest BCUT2D eigenvalue weighted by Gasteiger charge is 2.53. The van der Waals surface area contributed by atoms with Gasteiger partial charge in [0, 0.05) is 11.8 Å². The smallest absolute Gasteiger partial charge is 0.241 e. The summed E-state index contributed by atoms with van der Waals surface area (Å²) in [7, 11) is -3.81. The van der Waals surface area contributed by atoms with Crippen molar-refractivity contribution < 1.29 is 18.3 Å². The number of nitrogens with zero attached hydrogens (tertiary/aromatic N) is 4. The summed E-state index contributed by atoms with van der Waals surface area (Å²) < 4.78 is 37.1. The molecule has 32 heavy (non-hydrogen) atoms. The van der Waals surface area contributed by atoms with Gasteiger partial charge in [-0.1, -0.05) is 6.07 Å². The number of hydrogen-bond donors (Lipinski definition) is 3. The first-order valence-corrected chi connectivity index (χ1v) is 12.0. The fourth-order valence-corrected chi connectivity index (χ4v) is 6.21. The van der Waals surface area contributed by atoms with Crippen LogP contribution in [0, 0.1) is 6.92 Å². The molecule has 1 aliphatic carbocycles. The molecule has 2 bridgehead atoms. The Morgan fingerprint density at radius 2 is 2.00 bits per heavy atom. The van der Waals surface area contributed by atoms with Crippen molar-refractivity contribution in [3.05, 3.63) is 36.3 Å². The van der Waals surface area contributed by atoms with Crippen LogP contribution in [-0.4, -0.2) is 56.7 Å². The van der Waals surface area contributed by atoms with E-state index in [-0.39, 0.29) is 17.5 Å². The first-order valence-electron chi connectivity index (χ1n) is 10.6. The highest BCUT2D eigenvalue weighted by molar-refractivity contribution is 7.89. The Labute approximate surface area is 185 Å². The molecule has 1 unspecified atom stereocenters. The third-order valence-electron chi connectivity index (χ3n) is 6.89. The number of aromatic nitrogens is 4. The Morgan fingerprint density at radius 1 is 1.25 bits per heavy atom. The van der Waals surface area contributed by atoms with Gasteiger partial charge in [-0.3, -0.25) is 4.40 Å². The molecular weight excluding hydrogens is 432 g/mol. The van der Waals surface area contributed by atoms with Crippen molar-refractivity contribution in [3.63, 3.8) is 0 Å². The van der Waals surface area contributed by atoms with E-state index < -0.39 is 27.3 Å². The summed E-state index contributed by atoms with van der Waals surface area (Å²) in [6.07, 6.45) is 4.94. The number of aliphatic hydroxyl groups is 1. The van der Waals surface area contributed by atoms with Gasteiger partial charge in [-0.25, -0.2) is 28.1 Å². The third kappa shape index (κ3) is 3.36. The Kier molecular flexibility index (Phi) is 4.79. The van der Waals surface area contributed by atoms with Gasteiger partial charge in [-0.15, -0.1) is 0 Å². The average molecular weight is 459 g/mol. The minimum atomic E-state index is -3.81. The third-order valence-corrected chi connectivity index (χ3v) is 8.47. The van der Waals surface area contributed by atoms with Crippen molar-refractivity contribution >= 4 is 21.7 Å². The molecule has 3 aromatic rings. The summed E-state index contributed by atoms with van der Waals surface area (Å²) in [6, 6.07) is 4.97. The van der Waals surface area contributed by atoms with Crippen molar-refractivity contribution in [3.8, 4) is 11.3 Å². The summed E-state index contributed by atoms with van der Waals surface area (Å²) in [5, 5.41) is 10.1. The molecule has 2 aliphatic heterocycles. The van der Waals surface area contributed by atoms with Gasteiger partial charge in [0.25, 0.3) is 0 Å². The highest BCUT2D eigenvalue weighted by Crippen LogP contribution is 2.46. The van der Waals surface area contributed by atoms with Crippen molar-refractivity contribution in [1.29, 1.82) is 0 Å². The number of nitrogen functional groups attached to an aromatic ring is 1. The Morgan fingerprint density at radius 3 is 2.62 bits per heavy atom. The number of sulfonamides is 1. The second kappa shape index (κ2) is 7.20. The van der Waals surface area contributed by atoms with Gasteiger partial charge in [0.05, 0.1) is 34.4 Å². The summed E-state index contributed by atoms with van der Waals surface area (Å²) in [4.78, 5) is 12.7. The van der Waals surface area contributed by atoms with Crippen LogP contribution < -0.4 is 10.5 Å². The molecule has 2 aromatic heterocycles. The van der Waals surface area contributed by atoms with E-state index in [1.807, 2.05) is 6.92 Å². The number of fused-ring (bicyclic) bond motifs is 4. The highest BCUT2D eigenvalue weighted by atomic mass is 32.2.